The van der Waals surface area contributed by atoms with Gasteiger partial charge in [0, 0.05) is 39.3 Å². The van der Waals surface area contributed by atoms with Crippen LogP contribution in [0.1, 0.15) is 18.1 Å². The number of rotatable bonds is 7. The van der Waals surface area contributed by atoms with E-state index in [2.05, 4.69) is 34.5 Å². The van der Waals surface area contributed by atoms with E-state index in [-0.39, 0.29) is 0 Å². The standard InChI is InChI=1S/C15H24N2O/c1-2-18-12-9-16-8-11-17-10-7-14-5-3-4-6-15(14)13-17/h3-6,16H,2,7-13H2,1H3. The summed E-state index contributed by atoms with van der Waals surface area (Å²) in [5.41, 5.74) is 3.02. The minimum absolute atomic E-state index is 0.810. The van der Waals surface area contributed by atoms with E-state index in [4.69, 9.17) is 4.74 Å². The summed E-state index contributed by atoms with van der Waals surface area (Å²) in [4.78, 5) is 2.52. The van der Waals surface area contributed by atoms with Crippen molar-refractivity contribution in [3.8, 4) is 0 Å². The predicted octanol–water partition coefficient (Wildman–Crippen LogP) is 1.67. The molecule has 1 aromatic carbocycles. The number of ether oxygens (including phenoxy) is 1. The molecule has 0 spiro atoms. The smallest absolute Gasteiger partial charge is 0.0590 e. The highest BCUT2D eigenvalue weighted by Gasteiger charge is 2.14. The zero-order valence-electron chi connectivity index (χ0n) is 11.3. The van der Waals surface area contributed by atoms with Crippen molar-refractivity contribution in [2.75, 3.05) is 39.4 Å². The van der Waals surface area contributed by atoms with E-state index in [1.807, 2.05) is 6.92 Å². The van der Waals surface area contributed by atoms with Gasteiger partial charge in [0.2, 0.25) is 0 Å². The fraction of sp³-hybridized carbons (Fsp3) is 0.600. The summed E-state index contributed by atoms with van der Waals surface area (Å²) < 4.78 is 5.30. The molecule has 100 valence electrons. The Morgan fingerprint density at radius 2 is 2.06 bits per heavy atom. The van der Waals surface area contributed by atoms with Crippen molar-refractivity contribution >= 4 is 0 Å². The second-order valence-electron chi connectivity index (χ2n) is 4.74. The molecule has 1 N–H and O–H groups in total. The van der Waals surface area contributed by atoms with Crippen molar-refractivity contribution in [1.29, 1.82) is 0 Å². The lowest BCUT2D eigenvalue weighted by Crippen LogP contribution is -2.36. The Morgan fingerprint density at radius 1 is 1.22 bits per heavy atom. The second-order valence-corrected chi connectivity index (χ2v) is 4.74. The number of nitrogens with one attached hydrogen (secondary N) is 1. The molecule has 1 heterocycles. The highest BCUT2D eigenvalue weighted by Crippen LogP contribution is 2.17. The first-order valence-electron chi connectivity index (χ1n) is 6.97. The molecule has 0 bridgehead atoms. The molecule has 18 heavy (non-hydrogen) atoms. The van der Waals surface area contributed by atoms with Crippen molar-refractivity contribution in [2.24, 2.45) is 0 Å². The van der Waals surface area contributed by atoms with E-state index in [0.717, 1.165) is 39.4 Å². The molecule has 0 unspecified atom stereocenters. The Balaban J connectivity index is 1.64. The van der Waals surface area contributed by atoms with Gasteiger partial charge < -0.3 is 10.1 Å². The molecule has 1 aliphatic rings. The van der Waals surface area contributed by atoms with Gasteiger partial charge in [-0.1, -0.05) is 24.3 Å². The summed E-state index contributed by atoms with van der Waals surface area (Å²) in [6.45, 7) is 9.08. The highest BCUT2D eigenvalue weighted by atomic mass is 16.5. The zero-order valence-corrected chi connectivity index (χ0v) is 11.3. The average Bonchev–Trinajstić information content (AvgIpc) is 2.42. The predicted molar refractivity (Wildman–Crippen MR) is 74.8 cm³/mol. The maximum Gasteiger partial charge on any atom is 0.0590 e. The molecule has 3 heteroatoms. The number of hydrogen-bond donors (Lipinski definition) is 1. The molecule has 3 nitrogen and oxygen atoms in total. The van der Waals surface area contributed by atoms with Gasteiger partial charge in [-0.05, 0) is 24.5 Å². The highest BCUT2D eigenvalue weighted by molar-refractivity contribution is 5.28. The van der Waals surface area contributed by atoms with Crippen molar-refractivity contribution in [1.82, 2.24) is 10.2 Å². The summed E-state index contributed by atoms with van der Waals surface area (Å²) in [5.74, 6) is 0. The van der Waals surface area contributed by atoms with Crippen LogP contribution in [-0.4, -0.2) is 44.3 Å². The van der Waals surface area contributed by atoms with Crippen LogP contribution in [0.3, 0.4) is 0 Å². The van der Waals surface area contributed by atoms with Gasteiger partial charge in [0.05, 0.1) is 6.61 Å². The SMILES string of the molecule is CCOCCNCCN1CCc2ccccc2C1. The minimum Gasteiger partial charge on any atom is -0.380 e. The van der Waals surface area contributed by atoms with Gasteiger partial charge in [0.1, 0.15) is 0 Å². The minimum atomic E-state index is 0.810. The largest absolute Gasteiger partial charge is 0.380 e. The normalized spacial score (nSPS) is 15.6. The van der Waals surface area contributed by atoms with Crippen LogP contribution < -0.4 is 5.32 Å². The lowest BCUT2D eigenvalue weighted by molar-refractivity contribution is 0.148. The lowest BCUT2D eigenvalue weighted by atomic mass is 10.00. The van der Waals surface area contributed by atoms with Crippen LogP contribution in [0.15, 0.2) is 24.3 Å². The third kappa shape index (κ3) is 4.09. The molecule has 0 amide bonds. The Kier molecular flexibility index (Phi) is 5.65. The fourth-order valence-corrected chi connectivity index (χ4v) is 2.40. The van der Waals surface area contributed by atoms with Gasteiger partial charge in [0.15, 0.2) is 0 Å². The van der Waals surface area contributed by atoms with Crippen LogP contribution in [0.2, 0.25) is 0 Å². The Bertz CT molecular complexity index is 354. The van der Waals surface area contributed by atoms with Gasteiger partial charge in [-0.25, -0.2) is 0 Å². The first kappa shape index (κ1) is 13.5. The van der Waals surface area contributed by atoms with Crippen LogP contribution in [0, 0.1) is 0 Å². The number of nitrogens with zero attached hydrogens (tertiary/aromatic N) is 1. The van der Waals surface area contributed by atoms with E-state index < -0.39 is 0 Å². The molecular formula is C15H24N2O. The van der Waals surface area contributed by atoms with Crippen LogP contribution in [0.4, 0.5) is 0 Å². The molecule has 1 aromatic rings. The van der Waals surface area contributed by atoms with Crippen LogP contribution in [0.5, 0.6) is 0 Å². The van der Waals surface area contributed by atoms with E-state index in [0.29, 0.717) is 0 Å². The summed E-state index contributed by atoms with van der Waals surface area (Å²) in [7, 11) is 0. The molecule has 0 saturated carbocycles. The maximum atomic E-state index is 5.30. The van der Waals surface area contributed by atoms with Crippen molar-refractivity contribution in [3.05, 3.63) is 35.4 Å². The molecule has 0 saturated heterocycles. The second kappa shape index (κ2) is 7.52. The maximum absolute atomic E-state index is 5.30. The van der Waals surface area contributed by atoms with Crippen LogP contribution >= 0.6 is 0 Å². The average molecular weight is 248 g/mol. The molecule has 0 radical (unpaired) electrons. The Morgan fingerprint density at radius 3 is 2.89 bits per heavy atom. The molecule has 1 aliphatic heterocycles. The molecule has 0 fully saturated rings. The van der Waals surface area contributed by atoms with Gasteiger partial charge in [-0.3, -0.25) is 4.90 Å². The Hall–Kier alpha value is -0.900. The first-order chi connectivity index (χ1) is 8.90. The molecule has 0 atom stereocenters. The van der Waals surface area contributed by atoms with E-state index in [9.17, 15) is 0 Å². The van der Waals surface area contributed by atoms with Crippen molar-refractivity contribution < 1.29 is 4.74 Å². The zero-order chi connectivity index (χ0) is 12.6. The summed E-state index contributed by atoms with van der Waals surface area (Å²) in [6.07, 6.45) is 1.19. The molecule has 0 aromatic heterocycles. The summed E-state index contributed by atoms with van der Waals surface area (Å²) in [6, 6.07) is 8.80. The third-order valence-electron chi connectivity index (χ3n) is 3.44. The first-order valence-corrected chi connectivity index (χ1v) is 6.97. The van der Waals surface area contributed by atoms with Crippen LogP contribution in [0.25, 0.3) is 0 Å². The lowest BCUT2D eigenvalue weighted by Gasteiger charge is -2.28. The summed E-state index contributed by atoms with van der Waals surface area (Å²) >= 11 is 0. The molecule has 0 aliphatic carbocycles. The van der Waals surface area contributed by atoms with Crippen LogP contribution in [-0.2, 0) is 17.7 Å². The van der Waals surface area contributed by atoms with Gasteiger partial charge >= 0.3 is 0 Å². The van der Waals surface area contributed by atoms with Crippen molar-refractivity contribution in [3.63, 3.8) is 0 Å². The van der Waals surface area contributed by atoms with Crippen molar-refractivity contribution in [2.45, 2.75) is 19.9 Å². The number of hydrogen-bond acceptors (Lipinski definition) is 3. The van der Waals surface area contributed by atoms with E-state index in [1.165, 1.54) is 24.1 Å². The number of fused-ring (bicyclic) bond motifs is 1. The van der Waals surface area contributed by atoms with E-state index >= 15 is 0 Å². The van der Waals surface area contributed by atoms with Gasteiger partial charge in [0.25, 0.3) is 0 Å². The fourth-order valence-electron chi connectivity index (χ4n) is 2.40. The van der Waals surface area contributed by atoms with Gasteiger partial charge in [-0.15, -0.1) is 0 Å². The van der Waals surface area contributed by atoms with E-state index in [1.54, 1.807) is 0 Å². The topological polar surface area (TPSA) is 24.5 Å². The molecular weight excluding hydrogens is 224 g/mol. The quantitative estimate of drug-likeness (QED) is 0.743. The summed E-state index contributed by atoms with van der Waals surface area (Å²) in [5, 5.41) is 3.42. The monoisotopic (exact) mass is 248 g/mol. The third-order valence-corrected chi connectivity index (χ3v) is 3.44. The van der Waals surface area contributed by atoms with Gasteiger partial charge in [-0.2, -0.15) is 0 Å². The molecule has 2 rings (SSSR count). The number of benzene rings is 1. The Labute approximate surface area is 110 Å².